The molecule has 0 saturated carbocycles. The molecule has 30 heavy (non-hydrogen) atoms. The van der Waals surface area contributed by atoms with Crippen LogP contribution in [0.15, 0.2) is 23.3 Å². The fourth-order valence-corrected chi connectivity index (χ4v) is 3.84. The average molecular weight is 532 g/mol. The lowest BCUT2D eigenvalue weighted by Crippen LogP contribution is -2.40. The number of nitrogens with zero attached hydrogens (tertiary/aromatic N) is 3. The molecular weight excluding hydrogens is 489 g/mol. The number of aliphatic imine (C=N–C) groups is 1. The van der Waals surface area contributed by atoms with Gasteiger partial charge in [0.15, 0.2) is 5.96 Å². The van der Waals surface area contributed by atoms with Gasteiger partial charge in [0, 0.05) is 39.0 Å². The summed E-state index contributed by atoms with van der Waals surface area (Å²) < 4.78 is 0. The number of hydrogen-bond acceptors (Lipinski definition) is 4. The van der Waals surface area contributed by atoms with Crippen LogP contribution in [-0.4, -0.2) is 48.8 Å². The number of aliphatic hydroxyl groups excluding tert-OH is 1. The Hall–Kier alpha value is -1.09. The number of hydrogen-bond donors (Lipinski definition) is 3. The number of rotatable bonds is 10. The molecule has 1 aromatic rings. The topological polar surface area (TPSA) is 72.8 Å². The molecule has 0 radical (unpaired) electrons. The van der Waals surface area contributed by atoms with Crippen molar-refractivity contribution in [2.45, 2.75) is 59.9 Å². The molecule has 3 N–H and O–H groups in total. The zero-order chi connectivity index (χ0) is 21.1. The van der Waals surface area contributed by atoms with Crippen LogP contribution >= 0.6 is 24.0 Å². The maximum absolute atomic E-state index is 9.32. The van der Waals surface area contributed by atoms with Crippen LogP contribution in [0.1, 0.15) is 58.9 Å². The van der Waals surface area contributed by atoms with Crippen molar-refractivity contribution in [3.8, 4) is 0 Å². The number of anilines is 1. The summed E-state index contributed by atoms with van der Waals surface area (Å²) in [6.45, 7) is 13.6. The highest BCUT2D eigenvalue weighted by Crippen LogP contribution is 2.21. The Morgan fingerprint density at radius 1 is 1.27 bits per heavy atom. The molecule has 172 valence electrons. The predicted molar refractivity (Wildman–Crippen MR) is 138 cm³/mol. The van der Waals surface area contributed by atoms with E-state index >= 15 is 0 Å². The third-order valence-electron chi connectivity index (χ3n) is 5.58. The first kappa shape index (κ1) is 26.9. The molecule has 1 aliphatic heterocycles. The van der Waals surface area contributed by atoms with Gasteiger partial charge in [-0.05, 0) is 62.0 Å². The molecule has 1 aromatic heterocycles. The van der Waals surface area contributed by atoms with Crippen LogP contribution in [0.2, 0.25) is 0 Å². The minimum atomic E-state index is 0. The number of pyridine rings is 1. The maximum Gasteiger partial charge on any atom is 0.191 e. The second-order valence-corrected chi connectivity index (χ2v) is 8.78. The molecule has 1 fully saturated rings. The molecule has 0 amide bonds. The first-order valence-electron chi connectivity index (χ1n) is 11.3. The summed E-state index contributed by atoms with van der Waals surface area (Å²) in [4.78, 5) is 11.8. The van der Waals surface area contributed by atoms with Crippen LogP contribution in [0.4, 0.5) is 5.82 Å². The molecule has 1 unspecified atom stereocenters. The van der Waals surface area contributed by atoms with Crippen LogP contribution in [-0.2, 0) is 6.54 Å². The largest absolute Gasteiger partial charge is 0.396 e. The highest BCUT2D eigenvalue weighted by atomic mass is 127. The number of aromatic nitrogens is 1. The summed E-state index contributed by atoms with van der Waals surface area (Å²) in [7, 11) is 0. The van der Waals surface area contributed by atoms with Crippen LogP contribution < -0.4 is 15.5 Å². The lowest BCUT2D eigenvalue weighted by atomic mass is 9.94. The summed E-state index contributed by atoms with van der Waals surface area (Å²) in [5.41, 5.74) is 1.12. The second kappa shape index (κ2) is 14.8. The van der Waals surface area contributed by atoms with Crippen LogP contribution in [0.3, 0.4) is 0 Å². The number of guanidine groups is 1. The van der Waals surface area contributed by atoms with Gasteiger partial charge in [0.05, 0.1) is 6.54 Å². The second-order valence-electron chi connectivity index (χ2n) is 8.78. The van der Waals surface area contributed by atoms with Crippen molar-refractivity contribution in [3.63, 3.8) is 0 Å². The van der Waals surface area contributed by atoms with E-state index in [4.69, 9.17) is 4.99 Å². The molecule has 6 nitrogen and oxygen atoms in total. The van der Waals surface area contributed by atoms with Gasteiger partial charge in [0.1, 0.15) is 5.82 Å². The third-order valence-corrected chi connectivity index (χ3v) is 5.58. The van der Waals surface area contributed by atoms with Crippen molar-refractivity contribution in [3.05, 3.63) is 23.9 Å². The van der Waals surface area contributed by atoms with Gasteiger partial charge in [-0.15, -0.1) is 24.0 Å². The summed E-state index contributed by atoms with van der Waals surface area (Å²) in [6.07, 6.45) is 6.38. The normalized spacial score (nSPS) is 16.3. The number of piperidine rings is 1. The number of aliphatic hydroxyl groups is 1. The standard InChI is InChI=1S/C23H41N5O.HI/c1-5-24-23(26-15-20(10-13-29)14-18(2)3)27-17-21-6-7-22(25-16-21)28-11-8-19(4)9-12-28;/h6-7,16,18-20,29H,5,8-15,17H2,1-4H3,(H2,24,26,27);1H. The highest BCUT2D eigenvalue weighted by molar-refractivity contribution is 14.0. The van der Waals surface area contributed by atoms with Gasteiger partial charge in [-0.2, -0.15) is 0 Å². The van der Waals surface area contributed by atoms with E-state index in [1.54, 1.807) is 0 Å². The molecule has 7 heteroatoms. The Labute approximate surface area is 200 Å². The van der Waals surface area contributed by atoms with Crippen LogP contribution in [0, 0.1) is 17.8 Å². The molecule has 0 bridgehead atoms. The number of halogens is 1. The summed E-state index contributed by atoms with van der Waals surface area (Å²) in [5, 5.41) is 16.1. The summed E-state index contributed by atoms with van der Waals surface area (Å²) >= 11 is 0. The van der Waals surface area contributed by atoms with Crippen LogP contribution in [0.25, 0.3) is 0 Å². The van der Waals surface area contributed by atoms with Crippen molar-refractivity contribution >= 4 is 35.8 Å². The lowest BCUT2D eigenvalue weighted by Gasteiger charge is -2.31. The smallest absolute Gasteiger partial charge is 0.191 e. The molecule has 2 rings (SSSR count). The van der Waals surface area contributed by atoms with Gasteiger partial charge in [0.25, 0.3) is 0 Å². The van der Waals surface area contributed by atoms with Crippen molar-refractivity contribution < 1.29 is 5.11 Å². The van der Waals surface area contributed by atoms with Gasteiger partial charge < -0.3 is 20.6 Å². The molecule has 2 heterocycles. The van der Waals surface area contributed by atoms with E-state index < -0.39 is 0 Å². The van der Waals surface area contributed by atoms with Gasteiger partial charge in [0.2, 0.25) is 0 Å². The molecule has 0 aromatic carbocycles. The molecular formula is C23H42IN5O. The monoisotopic (exact) mass is 531 g/mol. The molecule has 0 aliphatic carbocycles. The summed E-state index contributed by atoms with van der Waals surface area (Å²) in [6, 6.07) is 4.27. The third kappa shape index (κ3) is 9.81. The zero-order valence-electron chi connectivity index (χ0n) is 19.2. The molecule has 1 atom stereocenters. The minimum Gasteiger partial charge on any atom is -0.396 e. The lowest BCUT2D eigenvalue weighted by molar-refractivity contribution is 0.243. The Balaban J connectivity index is 0.00000450. The van der Waals surface area contributed by atoms with Crippen molar-refractivity contribution in [2.24, 2.45) is 22.7 Å². The fraction of sp³-hybridized carbons (Fsp3) is 0.739. The van der Waals surface area contributed by atoms with Gasteiger partial charge in [-0.3, -0.25) is 0 Å². The highest BCUT2D eigenvalue weighted by Gasteiger charge is 2.16. The maximum atomic E-state index is 9.32. The predicted octanol–water partition coefficient (Wildman–Crippen LogP) is 4.04. The van der Waals surface area contributed by atoms with E-state index in [1.165, 1.54) is 12.8 Å². The molecule has 1 aliphatic rings. The van der Waals surface area contributed by atoms with E-state index in [0.29, 0.717) is 18.4 Å². The Morgan fingerprint density at radius 3 is 2.57 bits per heavy atom. The van der Waals surface area contributed by atoms with Gasteiger partial charge in [-0.1, -0.05) is 26.8 Å². The fourth-order valence-electron chi connectivity index (χ4n) is 3.84. The van der Waals surface area contributed by atoms with E-state index in [2.05, 4.69) is 60.3 Å². The van der Waals surface area contributed by atoms with E-state index in [-0.39, 0.29) is 30.6 Å². The van der Waals surface area contributed by atoms with Gasteiger partial charge >= 0.3 is 0 Å². The first-order valence-corrected chi connectivity index (χ1v) is 11.3. The SMILES string of the molecule is CCNC(=NCc1ccc(N2CCC(C)CC2)nc1)NCC(CCO)CC(C)C.I. The van der Waals surface area contributed by atoms with Crippen molar-refractivity contribution in [1.29, 1.82) is 0 Å². The Bertz CT molecular complexity index is 600. The quantitative estimate of drug-likeness (QED) is 0.242. The molecule has 1 saturated heterocycles. The number of nitrogens with one attached hydrogen (secondary N) is 2. The zero-order valence-corrected chi connectivity index (χ0v) is 21.6. The van der Waals surface area contributed by atoms with Crippen molar-refractivity contribution in [1.82, 2.24) is 15.6 Å². The van der Waals surface area contributed by atoms with E-state index in [9.17, 15) is 5.11 Å². The summed E-state index contributed by atoms with van der Waals surface area (Å²) in [5.74, 6) is 3.82. The first-order chi connectivity index (χ1) is 14.0. The van der Waals surface area contributed by atoms with E-state index in [0.717, 1.165) is 62.3 Å². The Morgan fingerprint density at radius 2 is 2.00 bits per heavy atom. The minimum absolute atomic E-state index is 0. The average Bonchev–Trinajstić information content (AvgIpc) is 2.71. The van der Waals surface area contributed by atoms with Crippen LogP contribution in [0.5, 0.6) is 0 Å². The molecule has 0 spiro atoms. The Kier molecular flexibility index (Phi) is 13.3. The van der Waals surface area contributed by atoms with Gasteiger partial charge in [-0.25, -0.2) is 9.98 Å². The van der Waals surface area contributed by atoms with Crippen molar-refractivity contribution in [2.75, 3.05) is 37.7 Å². The van der Waals surface area contributed by atoms with E-state index in [1.807, 2.05) is 6.20 Å².